The Kier molecular flexibility index (Phi) is 4.00. The maximum Gasteiger partial charge on any atom is 0.334 e. The summed E-state index contributed by atoms with van der Waals surface area (Å²) in [7, 11) is 0. The second-order valence-electron chi connectivity index (χ2n) is 3.65. The predicted molar refractivity (Wildman–Crippen MR) is 52.4 cm³/mol. The first kappa shape index (κ1) is 10.3. The fourth-order valence-electron chi connectivity index (χ4n) is 1.53. The molecular weight excluding hydrogens is 164 g/mol. The molecule has 0 aromatic rings. The Morgan fingerprint density at radius 1 is 1.54 bits per heavy atom. The van der Waals surface area contributed by atoms with Crippen molar-refractivity contribution in [3.63, 3.8) is 0 Å². The first-order valence-corrected chi connectivity index (χ1v) is 5.14. The van der Waals surface area contributed by atoms with Crippen molar-refractivity contribution < 1.29 is 9.53 Å². The van der Waals surface area contributed by atoms with E-state index in [0.29, 0.717) is 0 Å². The van der Waals surface area contributed by atoms with Gasteiger partial charge in [-0.15, -0.1) is 0 Å². The summed E-state index contributed by atoms with van der Waals surface area (Å²) in [6.07, 6.45) is 7.60. The SMILES string of the molecule is CCCCC/C=C1/C[C@H](C)OC1=O. The van der Waals surface area contributed by atoms with E-state index in [1.54, 1.807) is 0 Å². The molecule has 1 fully saturated rings. The molecule has 2 nitrogen and oxygen atoms in total. The van der Waals surface area contributed by atoms with Crippen LogP contribution in [-0.4, -0.2) is 12.1 Å². The van der Waals surface area contributed by atoms with Gasteiger partial charge in [-0.25, -0.2) is 4.79 Å². The predicted octanol–water partition coefficient (Wildman–Crippen LogP) is 2.83. The van der Waals surface area contributed by atoms with Crippen molar-refractivity contribution in [2.24, 2.45) is 0 Å². The van der Waals surface area contributed by atoms with E-state index < -0.39 is 0 Å². The van der Waals surface area contributed by atoms with Gasteiger partial charge in [0.2, 0.25) is 0 Å². The third kappa shape index (κ3) is 3.21. The van der Waals surface area contributed by atoms with Crippen LogP contribution in [0.15, 0.2) is 11.6 Å². The number of carbonyl (C=O) groups excluding carboxylic acids is 1. The van der Waals surface area contributed by atoms with E-state index in [2.05, 4.69) is 6.92 Å². The van der Waals surface area contributed by atoms with Crippen molar-refractivity contribution in [3.05, 3.63) is 11.6 Å². The van der Waals surface area contributed by atoms with Gasteiger partial charge >= 0.3 is 5.97 Å². The van der Waals surface area contributed by atoms with Gasteiger partial charge in [-0.2, -0.15) is 0 Å². The summed E-state index contributed by atoms with van der Waals surface area (Å²) < 4.78 is 5.02. The number of cyclic esters (lactones) is 1. The van der Waals surface area contributed by atoms with Crippen molar-refractivity contribution >= 4 is 5.97 Å². The Labute approximate surface area is 80.0 Å². The Morgan fingerprint density at radius 3 is 2.85 bits per heavy atom. The second kappa shape index (κ2) is 5.05. The Morgan fingerprint density at radius 2 is 2.31 bits per heavy atom. The number of allylic oxidation sites excluding steroid dienone is 1. The molecule has 1 rings (SSSR count). The fraction of sp³-hybridized carbons (Fsp3) is 0.727. The maximum atomic E-state index is 11.2. The number of esters is 1. The molecule has 0 aromatic heterocycles. The molecule has 2 heteroatoms. The van der Waals surface area contributed by atoms with E-state index in [0.717, 1.165) is 18.4 Å². The first-order valence-electron chi connectivity index (χ1n) is 5.14. The Hall–Kier alpha value is -0.790. The van der Waals surface area contributed by atoms with Gasteiger partial charge in [0.15, 0.2) is 0 Å². The van der Waals surface area contributed by atoms with Gasteiger partial charge in [0, 0.05) is 12.0 Å². The number of unbranched alkanes of at least 4 members (excludes halogenated alkanes) is 3. The van der Waals surface area contributed by atoms with Gasteiger partial charge in [0.1, 0.15) is 6.10 Å². The molecule has 0 unspecified atom stereocenters. The van der Waals surface area contributed by atoms with Gasteiger partial charge < -0.3 is 4.74 Å². The lowest BCUT2D eigenvalue weighted by Gasteiger charge is -1.94. The largest absolute Gasteiger partial charge is 0.459 e. The number of ether oxygens (including phenoxy) is 1. The average Bonchev–Trinajstić information content (AvgIpc) is 2.39. The van der Waals surface area contributed by atoms with Gasteiger partial charge in [-0.3, -0.25) is 0 Å². The van der Waals surface area contributed by atoms with Crippen molar-refractivity contribution in [3.8, 4) is 0 Å². The number of hydrogen-bond acceptors (Lipinski definition) is 2. The summed E-state index contributed by atoms with van der Waals surface area (Å²) in [5, 5.41) is 0. The molecule has 0 radical (unpaired) electrons. The van der Waals surface area contributed by atoms with Crippen LogP contribution >= 0.6 is 0 Å². The van der Waals surface area contributed by atoms with Crippen molar-refractivity contribution in [1.82, 2.24) is 0 Å². The molecule has 0 aliphatic carbocycles. The van der Waals surface area contributed by atoms with Crippen LogP contribution in [0.5, 0.6) is 0 Å². The van der Waals surface area contributed by atoms with Crippen LogP contribution in [0.3, 0.4) is 0 Å². The smallest absolute Gasteiger partial charge is 0.334 e. The zero-order chi connectivity index (χ0) is 9.68. The highest BCUT2D eigenvalue weighted by Crippen LogP contribution is 2.20. The summed E-state index contributed by atoms with van der Waals surface area (Å²) in [5.74, 6) is -0.107. The molecule has 0 saturated carbocycles. The van der Waals surface area contributed by atoms with Crippen LogP contribution in [-0.2, 0) is 9.53 Å². The number of carbonyl (C=O) groups is 1. The monoisotopic (exact) mass is 182 g/mol. The molecule has 74 valence electrons. The van der Waals surface area contributed by atoms with Gasteiger partial charge in [0.25, 0.3) is 0 Å². The minimum absolute atomic E-state index is 0.0879. The summed E-state index contributed by atoms with van der Waals surface area (Å²) in [6.45, 7) is 4.11. The highest BCUT2D eigenvalue weighted by Gasteiger charge is 2.24. The first-order chi connectivity index (χ1) is 6.24. The van der Waals surface area contributed by atoms with E-state index in [4.69, 9.17) is 4.74 Å². The second-order valence-corrected chi connectivity index (χ2v) is 3.65. The number of rotatable bonds is 4. The van der Waals surface area contributed by atoms with Crippen LogP contribution in [0, 0.1) is 0 Å². The molecular formula is C11H18O2. The van der Waals surface area contributed by atoms with Crippen molar-refractivity contribution in [2.75, 3.05) is 0 Å². The van der Waals surface area contributed by atoms with Crippen LogP contribution < -0.4 is 0 Å². The highest BCUT2D eigenvalue weighted by molar-refractivity contribution is 5.90. The standard InChI is InChI=1S/C11H18O2/c1-3-4-5-6-7-10-8-9(2)13-11(10)12/h7,9H,3-6,8H2,1-2H3/b10-7-/t9-/m0/s1. The van der Waals surface area contributed by atoms with Crippen LogP contribution in [0.4, 0.5) is 0 Å². The van der Waals surface area contributed by atoms with Crippen LogP contribution in [0.1, 0.15) is 46.0 Å². The van der Waals surface area contributed by atoms with Gasteiger partial charge in [-0.05, 0) is 19.8 Å². The molecule has 13 heavy (non-hydrogen) atoms. The summed E-state index contributed by atoms with van der Waals surface area (Å²) in [5.41, 5.74) is 0.878. The minimum Gasteiger partial charge on any atom is -0.459 e. The van der Waals surface area contributed by atoms with Crippen LogP contribution in [0.2, 0.25) is 0 Å². The lowest BCUT2D eigenvalue weighted by Crippen LogP contribution is -1.99. The topological polar surface area (TPSA) is 26.3 Å². The zero-order valence-electron chi connectivity index (χ0n) is 8.51. The zero-order valence-corrected chi connectivity index (χ0v) is 8.51. The fourth-order valence-corrected chi connectivity index (χ4v) is 1.53. The third-order valence-electron chi connectivity index (χ3n) is 2.28. The lowest BCUT2D eigenvalue weighted by atomic mass is 10.1. The molecule has 1 atom stereocenters. The van der Waals surface area contributed by atoms with E-state index >= 15 is 0 Å². The quantitative estimate of drug-likeness (QED) is 0.379. The van der Waals surface area contributed by atoms with Crippen molar-refractivity contribution in [2.45, 2.75) is 52.1 Å². The van der Waals surface area contributed by atoms with E-state index in [1.165, 1.54) is 19.3 Å². The molecule has 1 aliphatic heterocycles. The molecule has 0 spiro atoms. The minimum atomic E-state index is -0.107. The van der Waals surface area contributed by atoms with Gasteiger partial charge in [0.05, 0.1) is 0 Å². The van der Waals surface area contributed by atoms with E-state index in [-0.39, 0.29) is 12.1 Å². The van der Waals surface area contributed by atoms with E-state index in [9.17, 15) is 4.79 Å². The average molecular weight is 182 g/mol. The van der Waals surface area contributed by atoms with Gasteiger partial charge in [-0.1, -0.05) is 25.8 Å². The number of hydrogen-bond donors (Lipinski definition) is 0. The van der Waals surface area contributed by atoms with E-state index in [1.807, 2.05) is 13.0 Å². The lowest BCUT2D eigenvalue weighted by molar-refractivity contribution is -0.138. The highest BCUT2D eigenvalue weighted by atomic mass is 16.5. The maximum absolute atomic E-state index is 11.2. The molecule has 1 saturated heterocycles. The van der Waals surface area contributed by atoms with Crippen molar-refractivity contribution in [1.29, 1.82) is 0 Å². The summed E-state index contributed by atoms with van der Waals surface area (Å²) >= 11 is 0. The molecule has 0 N–H and O–H groups in total. The molecule has 1 aliphatic rings. The summed E-state index contributed by atoms with van der Waals surface area (Å²) in [6, 6.07) is 0. The Bertz CT molecular complexity index is 206. The molecule has 0 aromatic carbocycles. The summed E-state index contributed by atoms with van der Waals surface area (Å²) in [4.78, 5) is 11.2. The molecule has 1 heterocycles. The molecule has 0 amide bonds. The Balaban J connectivity index is 2.30. The van der Waals surface area contributed by atoms with Crippen LogP contribution in [0.25, 0.3) is 0 Å². The normalized spacial score (nSPS) is 25.2. The third-order valence-corrected chi connectivity index (χ3v) is 2.28. The molecule has 0 bridgehead atoms.